The van der Waals surface area contributed by atoms with E-state index < -0.39 is 33.5 Å². The fourth-order valence-corrected chi connectivity index (χ4v) is 2.71. The summed E-state index contributed by atoms with van der Waals surface area (Å²) in [7, 11) is 1.43. The Morgan fingerprint density at radius 2 is 1.72 bits per heavy atom. The van der Waals surface area contributed by atoms with E-state index in [1.807, 2.05) is 0 Å². The zero-order valence-electron chi connectivity index (χ0n) is 16.9. The molecule has 1 saturated heterocycles. The summed E-state index contributed by atoms with van der Waals surface area (Å²) in [6.07, 6.45) is -0.257. The zero-order chi connectivity index (χ0) is 22.2. The van der Waals surface area contributed by atoms with Crippen LogP contribution < -0.4 is 10.6 Å². The second kappa shape index (κ2) is 11.3. The van der Waals surface area contributed by atoms with Gasteiger partial charge >= 0.3 is 12.2 Å². The van der Waals surface area contributed by atoms with Crippen LogP contribution in [0.4, 0.5) is 9.59 Å². The molecule has 168 valence electrons. The number of methoxy groups -OCH3 is 1. The summed E-state index contributed by atoms with van der Waals surface area (Å²) in [5.74, 6) is -0.394. The van der Waals surface area contributed by atoms with E-state index in [4.69, 9.17) is 49.0 Å². The van der Waals surface area contributed by atoms with Crippen LogP contribution in [-0.2, 0) is 19.0 Å². The van der Waals surface area contributed by atoms with E-state index >= 15 is 0 Å². The van der Waals surface area contributed by atoms with Crippen molar-refractivity contribution in [3.05, 3.63) is 0 Å². The Kier molecular flexibility index (Phi) is 10.1. The summed E-state index contributed by atoms with van der Waals surface area (Å²) in [4.78, 5) is 37.9. The number of alkyl halides is 3. The predicted octanol–water partition coefficient (Wildman–Crippen LogP) is 2.61. The summed E-state index contributed by atoms with van der Waals surface area (Å²) in [5, 5.41) is 5.36. The molecule has 3 amide bonds. The van der Waals surface area contributed by atoms with Gasteiger partial charge in [0.25, 0.3) is 0 Å². The summed E-state index contributed by atoms with van der Waals surface area (Å²) in [6.45, 7) is 5.57. The maximum Gasteiger partial charge on any atom is 0.409 e. The van der Waals surface area contributed by atoms with Gasteiger partial charge in [-0.25, -0.2) is 9.59 Å². The fraction of sp³-hybridized carbons (Fsp3) is 0.824. The van der Waals surface area contributed by atoms with E-state index in [2.05, 4.69) is 10.6 Å². The Bertz CT molecular complexity index is 572. The summed E-state index contributed by atoms with van der Waals surface area (Å²) < 4.78 is 13.5. The minimum absolute atomic E-state index is 0.00667. The quantitative estimate of drug-likeness (QED) is 0.571. The Labute approximate surface area is 185 Å². The van der Waals surface area contributed by atoms with E-state index in [0.29, 0.717) is 25.9 Å². The second-order valence-corrected chi connectivity index (χ2v) is 10.1. The number of halogens is 3. The van der Waals surface area contributed by atoms with Gasteiger partial charge in [0.1, 0.15) is 18.2 Å². The van der Waals surface area contributed by atoms with Gasteiger partial charge in [-0.3, -0.25) is 4.79 Å². The number of ether oxygens (including phenoxy) is 3. The number of carbonyl (C=O) groups excluding carboxylic acids is 3. The molecule has 1 heterocycles. The molecule has 0 bridgehead atoms. The van der Waals surface area contributed by atoms with Gasteiger partial charge in [0.05, 0.1) is 6.61 Å². The van der Waals surface area contributed by atoms with Gasteiger partial charge in [0, 0.05) is 26.2 Å². The van der Waals surface area contributed by atoms with Crippen LogP contribution >= 0.6 is 34.8 Å². The Morgan fingerprint density at radius 3 is 2.21 bits per heavy atom. The molecular weight excluding hydrogens is 449 g/mol. The first-order valence-corrected chi connectivity index (χ1v) is 10.2. The summed E-state index contributed by atoms with van der Waals surface area (Å²) >= 11 is 16.7. The fourth-order valence-electron chi connectivity index (χ4n) is 2.54. The van der Waals surface area contributed by atoms with Crippen LogP contribution in [0.25, 0.3) is 0 Å². The molecule has 0 aromatic rings. The highest BCUT2D eigenvalue weighted by Gasteiger charge is 2.30. The number of rotatable bonds is 6. The molecule has 1 atom stereocenters. The van der Waals surface area contributed by atoms with Crippen molar-refractivity contribution in [2.75, 3.05) is 33.4 Å². The molecule has 12 heteroatoms. The van der Waals surface area contributed by atoms with E-state index in [9.17, 15) is 14.4 Å². The van der Waals surface area contributed by atoms with Crippen molar-refractivity contribution in [3.8, 4) is 0 Å². The highest BCUT2D eigenvalue weighted by Crippen LogP contribution is 2.26. The number of nitrogens with one attached hydrogen (secondary N) is 2. The minimum atomic E-state index is -1.67. The zero-order valence-corrected chi connectivity index (χ0v) is 19.2. The van der Waals surface area contributed by atoms with Gasteiger partial charge in [-0.05, 0) is 33.6 Å². The molecule has 0 aromatic heterocycles. The lowest BCUT2D eigenvalue weighted by Crippen LogP contribution is -2.54. The van der Waals surface area contributed by atoms with E-state index in [-0.39, 0.29) is 19.3 Å². The Balaban J connectivity index is 2.48. The lowest BCUT2D eigenvalue weighted by atomic mass is 10.0. The number of piperidine rings is 1. The molecule has 0 spiro atoms. The maximum absolute atomic E-state index is 12.5. The lowest BCUT2D eigenvalue weighted by Gasteiger charge is -2.32. The van der Waals surface area contributed by atoms with Crippen molar-refractivity contribution in [1.29, 1.82) is 0 Å². The van der Waals surface area contributed by atoms with Crippen LogP contribution in [0.1, 0.15) is 33.6 Å². The van der Waals surface area contributed by atoms with E-state index in [1.54, 1.807) is 20.8 Å². The molecule has 9 nitrogen and oxygen atoms in total. The number of alkyl carbamates (subject to hydrolysis) is 1. The third kappa shape index (κ3) is 11.0. The van der Waals surface area contributed by atoms with Crippen LogP contribution in [0.5, 0.6) is 0 Å². The highest BCUT2D eigenvalue weighted by molar-refractivity contribution is 6.67. The van der Waals surface area contributed by atoms with Crippen LogP contribution in [0.2, 0.25) is 0 Å². The smallest absolute Gasteiger partial charge is 0.409 e. The van der Waals surface area contributed by atoms with Crippen LogP contribution in [0, 0.1) is 0 Å². The maximum atomic E-state index is 12.5. The molecule has 2 N–H and O–H groups in total. The van der Waals surface area contributed by atoms with Crippen molar-refractivity contribution in [1.82, 2.24) is 15.5 Å². The third-order valence-corrected chi connectivity index (χ3v) is 4.13. The first-order chi connectivity index (χ1) is 13.3. The standard InChI is InChI=1S/C17H28Cl3N3O6/c1-16(2,3)29-14(25)22-12(9-27-4)13(24)21-11-5-7-23(8-6-11)15(26)28-10-17(18,19)20/h11-12H,5-10H2,1-4H3,(H,21,24)(H,22,25)/t12-/m0/s1. The van der Waals surface area contributed by atoms with Gasteiger partial charge in [0.15, 0.2) is 0 Å². The van der Waals surface area contributed by atoms with Crippen molar-refractivity contribution >= 4 is 52.9 Å². The van der Waals surface area contributed by atoms with Gasteiger partial charge in [-0.15, -0.1) is 0 Å². The molecule has 0 radical (unpaired) electrons. The first kappa shape index (κ1) is 25.9. The number of amides is 3. The molecule has 0 saturated carbocycles. The van der Waals surface area contributed by atoms with Crippen LogP contribution in [0.15, 0.2) is 0 Å². The summed E-state index contributed by atoms with van der Waals surface area (Å²) in [5.41, 5.74) is -0.685. The Hall–Kier alpha value is -1.16. The third-order valence-electron chi connectivity index (χ3n) is 3.80. The first-order valence-electron chi connectivity index (χ1n) is 9.08. The SMILES string of the molecule is COC[C@H](NC(=O)OC(C)(C)C)C(=O)NC1CCN(C(=O)OCC(Cl)(Cl)Cl)CC1. The largest absolute Gasteiger partial charge is 0.445 e. The van der Waals surface area contributed by atoms with Crippen LogP contribution in [-0.4, -0.2) is 77.9 Å². The molecule has 0 aliphatic carbocycles. The van der Waals surface area contributed by atoms with Crippen molar-refractivity contribution in [2.24, 2.45) is 0 Å². The molecule has 1 aliphatic rings. The van der Waals surface area contributed by atoms with Gasteiger partial charge in [-0.1, -0.05) is 34.8 Å². The monoisotopic (exact) mass is 475 g/mol. The average molecular weight is 477 g/mol. The number of nitrogens with zero attached hydrogens (tertiary/aromatic N) is 1. The van der Waals surface area contributed by atoms with Crippen molar-refractivity contribution in [3.63, 3.8) is 0 Å². The van der Waals surface area contributed by atoms with Gasteiger partial charge < -0.3 is 29.7 Å². The van der Waals surface area contributed by atoms with Gasteiger partial charge in [0.2, 0.25) is 9.70 Å². The number of carbonyl (C=O) groups is 3. The van der Waals surface area contributed by atoms with E-state index in [1.165, 1.54) is 12.0 Å². The molecule has 0 unspecified atom stereocenters. The number of likely N-dealkylation sites (tertiary alicyclic amines) is 1. The summed E-state index contributed by atoms with van der Waals surface area (Å²) in [6, 6.07) is -1.07. The normalized spacial score (nSPS) is 16.7. The molecule has 29 heavy (non-hydrogen) atoms. The van der Waals surface area contributed by atoms with Gasteiger partial charge in [-0.2, -0.15) is 0 Å². The molecule has 1 rings (SSSR count). The Morgan fingerprint density at radius 1 is 1.14 bits per heavy atom. The van der Waals surface area contributed by atoms with Crippen molar-refractivity contribution in [2.45, 2.75) is 55.1 Å². The number of hydrogen-bond donors (Lipinski definition) is 2. The molecular formula is C17H28Cl3N3O6. The highest BCUT2D eigenvalue weighted by atomic mass is 35.6. The molecule has 0 aromatic carbocycles. The topological polar surface area (TPSA) is 106 Å². The van der Waals surface area contributed by atoms with E-state index in [0.717, 1.165) is 0 Å². The minimum Gasteiger partial charge on any atom is -0.445 e. The molecule has 1 fully saturated rings. The predicted molar refractivity (Wildman–Crippen MR) is 109 cm³/mol. The van der Waals surface area contributed by atoms with Crippen LogP contribution in [0.3, 0.4) is 0 Å². The molecule has 1 aliphatic heterocycles. The lowest BCUT2D eigenvalue weighted by molar-refractivity contribution is -0.125. The number of hydrogen-bond acceptors (Lipinski definition) is 6. The second-order valence-electron chi connectivity index (χ2n) is 7.59. The van der Waals surface area contributed by atoms with Crippen molar-refractivity contribution < 1.29 is 28.6 Å². The average Bonchev–Trinajstić information content (AvgIpc) is 2.57.